The minimum Gasteiger partial charge on any atom is -0.354 e. The number of carbonyl (C=O) groups excluding carboxylic acids is 2. The van der Waals surface area contributed by atoms with Crippen LogP contribution in [-0.2, 0) is 9.59 Å². The highest BCUT2D eigenvalue weighted by atomic mass is 16.2. The molecule has 116 valence electrons. The molecule has 2 unspecified atom stereocenters. The first-order valence-corrected chi connectivity index (χ1v) is 7.70. The predicted octanol–water partition coefficient (Wildman–Crippen LogP) is 1.04. The lowest BCUT2D eigenvalue weighted by atomic mass is 9.77. The standard InChI is InChI=1S/C15H29N3O2/c1-5-15(7-6-8-16-10-15)14(20)18-12(4)13(19)17-9-11(2)3/h11-12,16H,5-10H2,1-4H3,(H,17,19)(H,18,20). The number of rotatable bonds is 6. The van der Waals surface area contributed by atoms with Gasteiger partial charge in [-0.15, -0.1) is 0 Å². The van der Waals surface area contributed by atoms with Crippen molar-refractivity contribution in [1.29, 1.82) is 0 Å². The maximum Gasteiger partial charge on any atom is 0.242 e. The van der Waals surface area contributed by atoms with Crippen LogP contribution in [0.2, 0.25) is 0 Å². The summed E-state index contributed by atoms with van der Waals surface area (Å²) in [7, 11) is 0. The Bertz CT molecular complexity index is 336. The molecule has 5 nitrogen and oxygen atoms in total. The molecule has 0 radical (unpaired) electrons. The Morgan fingerprint density at radius 2 is 2.00 bits per heavy atom. The van der Waals surface area contributed by atoms with Crippen molar-refractivity contribution in [3.63, 3.8) is 0 Å². The molecule has 1 rings (SSSR count). The van der Waals surface area contributed by atoms with Crippen molar-refractivity contribution in [2.24, 2.45) is 11.3 Å². The number of piperidine rings is 1. The third kappa shape index (κ3) is 4.47. The van der Waals surface area contributed by atoms with Gasteiger partial charge in [0.1, 0.15) is 6.04 Å². The Morgan fingerprint density at radius 1 is 1.30 bits per heavy atom. The van der Waals surface area contributed by atoms with E-state index in [1.807, 2.05) is 20.8 Å². The number of amides is 2. The Balaban J connectivity index is 2.53. The van der Waals surface area contributed by atoms with Gasteiger partial charge in [-0.3, -0.25) is 9.59 Å². The molecule has 0 aromatic heterocycles. The van der Waals surface area contributed by atoms with E-state index in [0.717, 1.165) is 25.8 Å². The lowest BCUT2D eigenvalue weighted by Crippen LogP contribution is -2.55. The van der Waals surface area contributed by atoms with Crippen molar-refractivity contribution in [3.8, 4) is 0 Å². The summed E-state index contributed by atoms with van der Waals surface area (Å²) in [6.07, 6.45) is 2.70. The van der Waals surface area contributed by atoms with Gasteiger partial charge in [0.25, 0.3) is 0 Å². The zero-order valence-electron chi connectivity index (χ0n) is 13.2. The van der Waals surface area contributed by atoms with E-state index in [2.05, 4.69) is 16.0 Å². The van der Waals surface area contributed by atoms with Crippen molar-refractivity contribution in [2.75, 3.05) is 19.6 Å². The quantitative estimate of drug-likeness (QED) is 0.682. The van der Waals surface area contributed by atoms with Crippen LogP contribution in [0.3, 0.4) is 0 Å². The van der Waals surface area contributed by atoms with Crippen LogP contribution < -0.4 is 16.0 Å². The molecule has 1 aliphatic rings. The average Bonchev–Trinajstić information content (AvgIpc) is 2.45. The van der Waals surface area contributed by atoms with Crippen LogP contribution in [0.15, 0.2) is 0 Å². The van der Waals surface area contributed by atoms with E-state index in [-0.39, 0.29) is 17.2 Å². The van der Waals surface area contributed by atoms with Crippen molar-refractivity contribution >= 4 is 11.8 Å². The van der Waals surface area contributed by atoms with Gasteiger partial charge in [0, 0.05) is 13.1 Å². The summed E-state index contributed by atoms with van der Waals surface area (Å²) >= 11 is 0. The molecule has 2 atom stereocenters. The first kappa shape index (κ1) is 17.0. The zero-order chi connectivity index (χ0) is 15.2. The van der Waals surface area contributed by atoms with E-state index in [0.29, 0.717) is 19.0 Å². The summed E-state index contributed by atoms with van der Waals surface area (Å²) in [4.78, 5) is 24.4. The van der Waals surface area contributed by atoms with Gasteiger partial charge in [-0.05, 0) is 38.6 Å². The molecule has 0 spiro atoms. The van der Waals surface area contributed by atoms with E-state index < -0.39 is 6.04 Å². The Labute approximate surface area is 122 Å². The third-order valence-corrected chi connectivity index (χ3v) is 4.06. The Kier molecular flexibility index (Phi) is 6.46. The highest BCUT2D eigenvalue weighted by Gasteiger charge is 2.38. The van der Waals surface area contributed by atoms with E-state index >= 15 is 0 Å². The second kappa shape index (κ2) is 7.62. The number of hydrogen-bond acceptors (Lipinski definition) is 3. The molecule has 5 heteroatoms. The summed E-state index contributed by atoms with van der Waals surface area (Å²) in [6.45, 7) is 10.2. The molecule has 1 heterocycles. The van der Waals surface area contributed by atoms with Crippen LogP contribution in [0.5, 0.6) is 0 Å². The molecular formula is C15H29N3O2. The number of nitrogens with one attached hydrogen (secondary N) is 3. The van der Waals surface area contributed by atoms with Gasteiger partial charge in [-0.25, -0.2) is 0 Å². The fourth-order valence-electron chi connectivity index (χ4n) is 2.50. The third-order valence-electron chi connectivity index (χ3n) is 4.06. The predicted molar refractivity (Wildman–Crippen MR) is 80.3 cm³/mol. The van der Waals surface area contributed by atoms with Crippen LogP contribution in [0.4, 0.5) is 0 Å². The van der Waals surface area contributed by atoms with Gasteiger partial charge in [-0.2, -0.15) is 0 Å². The fraction of sp³-hybridized carbons (Fsp3) is 0.867. The summed E-state index contributed by atoms with van der Waals surface area (Å²) < 4.78 is 0. The molecule has 20 heavy (non-hydrogen) atoms. The lowest BCUT2D eigenvalue weighted by molar-refractivity contribution is -0.136. The molecule has 0 saturated carbocycles. The first-order valence-electron chi connectivity index (χ1n) is 7.70. The van der Waals surface area contributed by atoms with E-state index in [1.54, 1.807) is 6.92 Å². The molecule has 1 aliphatic heterocycles. The molecule has 1 saturated heterocycles. The van der Waals surface area contributed by atoms with Gasteiger partial charge in [-0.1, -0.05) is 20.8 Å². The highest BCUT2D eigenvalue weighted by Crippen LogP contribution is 2.30. The van der Waals surface area contributed by atoms with Crippen LogP contribution in [0, 0.1) is 11.3 Å². The van der Waals surface area contributed by atoms with Gasteiger partial charge < -0.3 is 16.0 Å². The summed E-state index contributed by atoms with van der Waals surface area (Å²) in [5, 5.41) is 9.01. The Morgan fingerprint density at radius 3 is 2.50 bits per heavy atom. The molecule has 1 fully saturated rings. The Hall–Kier alpha value is -1.10. The largest absolute Gasteiger partial charge is 0.354 e. The average molecular weight is 283 g/mol. The molecule has 0 aromatic carbocycles. The SMILES string of the molecule is CCC1(C(=O)NC(C)C(=O)NCC(C)C)CCCNC1. The lowest BCUT2D eigenvalue weighted by Gasteiger charge is -2.36. The molecule has 0 aliphatic carbocycles. The van der Waals surface area contributed by atoms with Gasteiger partial charge in [0.15, 0.2) is 0 Å². The van der Waals surface area contributed by atoms with Crippen LogP contribution in [-0.4, -0.2) is 37.5 Å². The van der Waals surface area contributed by atoms with Crippen LogP contribution >= 0.6 is 0 Å². The monoisotopic (exact) mass is 283 g/mol. The van der Waals surface area contributed by atoms with Crippen LogP contribution in [0.25, 0.3) is 0 Å². The summed E-state index contributed by atoms with van der Waals surface area (Å²) in [5.74, 6) is 0.299. The second-order valence-electron chi connectivity index (χ2n) is 6.25. The number of carbonyl (C=O) groups is 2. The van der Waals surface area contributed by atoms with Gasteiger partial charge in [0.05, 0.1) is 5.41 Å². The smallest absolute Gasteiger partial charge is 0.242 e. The van der Waals surface area contributed by atoms with Gasteiger partial charge >= 0.3 is 0 Å². The van der Waals surface area contributed by atoms with Crippen LogP contribution in [0.1, 0.15) is 47.0 Å². The normalized spacial score (nSPS) is 24.2. The maximum atomic E-state index is 12.5. The van der Waals surface area contributed by atoms with Crippen molar-refractivity contribution in [3.05, 3.63) is 0 Å². The van der Waals surface area contributed by atoms with Crippen molar-refractivity contribution in [1.82, 2.24) is 16.0 Å². The zero-order valence-corrected chi connectivity index (χ0v) is 13.2. The summed E-state index contributed by atoms with van der Waals surface area (Å²) in [5.41, 5.74) is -0.356. The van der Waals surface area contributed by atoms with E-state index in [1.165, 1.54) is 0 Å². The highest BCUT2D eigenvalue weighted by molar-refractivity contribution is 5.90. The fourth-order valence-corrected chi connectivity index (χ4v) is 2.50. The second-order valence-corrected chi connectivity index (χ2v) is 6.25. The van der Waals surface area contributed by atoms with E-state index in [9.17, 15) is 9.59 Å². The molecule has 0 bridgehead atoms. The minimum absolute atomic E-state index is 0.000558. The van der Waals surface area contributed by atoms with E-state index in [4.69, 9.17) is 0 Å². The van der Waals surface area contributed by atoms with Crippen molar-refractivity contribution in [2.45, 2.75) is 53.0 Å². The maximum absolute atomic E-state index is 12.5. The molecule has 0 aromatic rings. The molecule has 2 amide bonds. The summed E-state index contributed by atoms with van der Waals surface area (Å²) in [6, 6.07) is -0.480. The molecular weight excluding hydrogens is 254 g/mol. The number of hydrogen-bond donors (Lipinski definition) is 3. The minimum atomic E-state index is -0.480. The molecule has 3 N–H and O–H groups in total. The van der Waals surface area contributed by atoms with Gasteiger partial charge in [0.2, 0.25) is 11.8 Å². The van der Waals surface area contributed by atoms with Crippen molar-refractivity contribution < 1.29 is 9.59 Å². The first-order chi connectivity index (χ1) is 9.41. The topological polar surface area (TPSA) is 70.2 Å².